The lowest BCUT2D eigenvalue weighted by Crippen LogP contribution is -2.00. The fourth-order valence-corrected chi connectivity index (χ4v) is 2.77. The maximum atomic E-state index is 3.54. The molecule has 1 aromatic carbocycles. The Labute approximate surface area is 108 Å². The van der Waals surface area contributed by atoms with Gasteiger partial charge in [-0.3, -0.25) is 0 Å². The Kier molecular flexibility index (Phi) is 4.21. The van der Waals surface area contributed by atoms with Crippen molar-refractivity contribution in [2.45, 2.75) is 33.2 Å². The SMILES string of the molecule is CCCc1ccccc1NCc1ccc(C)s1. The number of aryl methyl sites for hydroxylation is 2. The third-order valence-corrected chi connectivity index (χ3v) is 3.79. The van der Waals surface area contributed by atoms with E-state index >= 15 is 0 Å². The van der Waals surface area contributed by atoms with Crippen molar-refractivity contribution in [3.05, 3.63) is 51.7 Å². The molecule has 0 radical (unpaired) electrons. The van der Waals surface area contributed by atoms with Gasteiger partial charge in [0.1, 0.15) is 0 Å². The molecular weight excluding hydrogens is 226 g/mol. The second kappa shape index (κ2) is 5.87. The average molecular weight is 245 g/mol. The Morgan fingerprint density at radius 1 is 1.12 bits per heavy atom. The first-order valence-corrected chi connectivity index (χ1v) is 6.98. The zero-order valence-corrected chi connectivity index (χ0v) is 11.3. The predicted molar refractivity (Wildman–Crippen MR) is 76.8 cm³/mol. The third-order valence-electron chi connectivity index (χ3n) is 2.79. The molecule has 0 atom stereocenters. The molecule has 0 fully saturated rings. The van der Waals surface area contributed by atoms with Crippen LogP contribution in [-0.2, 0) is 13.0 Å². The number of rotatable bonds is 5. The Morgan fingerprint density at radius 2 is 1.94 bits per heavy atom. The van der Waals surface area contributed by atoms with Crippen molar-refractivity contribution in [2.24, 2.45) is 0 Å². The summed E-state index contributed by atoms with van der Waals surface area (Å²) in [5.41, 5.74) is 2.70. The van der Waals surface area contributed by atoms with Crippen molar-refractivity contribution >= 4 is 17.0 Å². The molecule has 0 amide bonds. The van der Waals surface area contributed by atoms with Gasteiger partial charge >= 0.3 is 0 Å². The molecule has 2 heteroatoms. The van der Waals surface area contributed by atoms with Gasteiger partial charge in [0.2, 0.25) is 0 Å². The maximum Gasteiger partial charge on any atom is 0.0494 e. The van der Waals surface area contributed by atoms with Crippen LogP contribution in [0.5, 0.6) is 0 Å². The van der Waals surface area contributed by atoms with Gasteiger partial charge in [0, 0.05) is 22.0 Å². The molecule has 0 aliphatic carbocycles. The highest BCUT2D eigenvalue weighted by molar-refractivity contribution is 7.11. The summed E-state index contributed by atoms with van der Waals surface area (Å²) in [5, 5.41) is 3.54. The summed E-state index contributed by atoms with van der Waals surface area (Å²) in [5.74, 6) is 0. The molecule has 0 saturated heterocycles. The molecule has 1 aromatic heterocycles. The number of anilines is 1. The molecule has 0 saturated carbocycles. The highest BCUT2D eigenvalue weighted by Gasteiger charge is 2.01. The van der Waals surface area contributed by atoms with Gasteiger partial charge < -0.3 is 5.32 Å². The van der Waals surface area contributed by atoms with E-state index in [9.17, 15) is 0 Å². The summed E-state index contributed by atoms with van der Waals surface area (Å²) in [4.78, 5) is 2.78. The van der Waals surface area contributed by atoms with E-state index in [0.29, 0.717) is 0 Å². The molecule has 17 heavy (non-hydrogen) atoms. The molecule has 1 nitrogen and oxygen atoms in total. The summed E-state index contributed by atoms with van der Waals surface area (Å²) in [7, 11) is 0. The van der Waals surface area contributed by atoms with Crippen LogP contribution in [0.4, 0.5) is 5.69 Å². The first kappa shape index (κ1) is 12.2. The molecule has 0 unspecified atom stereocenters. The molecule has 1 heterocycles. The number of benzene rings is 1. The maximum absolute atomic E-state index is 3.54. The van der Waals surface area contributed by atoms with Crippen LogP contribution >= 0.6 is 11.3 Å². The molecule has 0 aliphatic rings. The summed E-state index contributed by atoms with van der Waals surface area (Å²) < 4.78 is 0. The van der Waals surface area contributed by atoms with Crippen LogP contribution in [-0.4, -0.2) is 0 Å². The Hall–Kier alpha value is -1.28. The van der Waals surface area contributed by atoms with Crippen molar-refractivity contribution < 1.29 is 0 Å². The summed E-state index contributed by atoms with van der Waals surface area (Å²) in [6.07, 6.45) is 2.34. The summed E-state index contributed by atoms with van der Waals surface area (Å²) >= 11 is 1.86. The van der Waals surface area contributed by atoms with Crippen molar-refractivity contribution in [2.75, 3.05) is 5.32 Å². The van der Waals surface area contributed by atoms with E-state index in [2.05, 4.69) is 55.6 Å². The zero-order chi connectivity index (χ0) is 12.1. The second-order valence-electron chi connectivity index (χ2n) is 4.27. The normalized spacial score (nSPS) is 10.5. The Morgan fingerprint density at radius 3 is 2.65 bits per heavy atom. The van der Waals surface area contributed by atoms with Crippen LogP contribution in [0, 0.1) is 6.92 Å². The van der Waals surface area contributed by atoms with Crippen molar-refractivity contribution in [1.29, 1.82) is 0 Å². The summed E-state index contributed by atoms with van der Waals surface area (Å²) in [6, 6.07) is 13.0. The van der Waals surface area contributed by atoms with Gasteiger partial charge in [0.15, 0.2) is 0 Å². The monoisotopic (exact) mass is 245 g/mol. The van der Waals surface area contributed by atoms with Crippen LogP contribution in [0.2, 0.25) is 0 Å². The topological polar surface area (TPSA) is 12.0 Å². The van der Waals surface area contributed by atoms with Crippen LogP contribution in [0.25, 0.3) is 0 Å². The van der Waals surface area contributed by atoms with Gasteiger partial charge in [0.05, 0.1) is 0 Å². The molecule has 90 valence electrons. The van der Waals surface area contributed by atoms with E-state index in [4.69, 9.17) is 0 Å². The largest absolute Gasteiger partial charge is 0.380 e. The van der Waals surface area contributed by atoms with Crippen molar-refractivity contribution in [3.63, 3.8) is 0 Å². The number of para-hydroxylation sites is 1. The van der Waals surface area contributed by atoms with Gasteiger partial charge in [-0.05, 0) is 37.1 Å². The minimum absolute atomic E-state index is 0.930. The molecule has 0 spiro atoms. The van der Waals surface area contributed by atoms with Crippen LogP contribution in [0.15, 0.2) is 36.4 Å². The second-order valence-corrected chi connectivity index (χ2v) is 5.65. The van der Waals surface area contributed by atoms with Crippen molar-refractivity contribution in [3.8, 4) is 0 Å². The number of thiophene rings is 1. The quantitative estimate of drug-likeness (QED) is 0.810. The van der Waals surface area contributed by atoms with E-state index in [1.807, 2.05) is 11.3 Å². The van der Waals surface area contributed by atoms with Crippen LogP contribution in [0.1, 0.15) is 28.7 Å². The van der Waals surface area contributed by atoms with E-state index < -0.39 is 0 Å². The highest BCUT2D eigenvalue weighted by Crippen LogP contribution is 2.20. The lowest BCUT2D eigenvalue weighted by molar-refractivity contribution is 0.920. The molecule has 2 rings (SSSR count). The smallest absolute Gasteiger partial charge is 0.0494 e. The number of hydrogen-bond acceptors (Lipinski definition) is 2. The van der Waals surface area contributed by atoms with Gasteiger partial charge in [-0.2, -0.15) is 0 Å². The van der Waals surface area contributed by atoms with E-state index in [1.54, 1.807) is 0 Å². The van der Waals surface area contributed by atoms with Gasteiger partial charge in [0.25, 0.3) is 0 Å². The Bertz CT molecular complexity index is 473. The minimum Gasteiger partial charge on any atom is -0.380 e. The lowest BCUT2D eigenvalue weighted by atomic mass is 10.1. The lowest BCUT2D eigenvalue weighted by Gasteiger charge is -2.10. The van der Waals surface area contributed by atoms with Gasteiger partial charge in [-0.1, -0.05) is 31.5 Å². The number of hydrogen-bond donors (Lipinski definition) is 1. The zero-order valence-electron chi connectivity index (χ0n) is 10.5. The fourth-order valence-electron chi connectivity index (χ4n) is 1.94. The third kappa shape index (κ3) is 3.34. The first-order valence-electron chi connectivity index (χ1n) is 6.16. The fraction of sp³-hybridized carbons (Fsp3) is 0.333. The number of nitrogens with one attached hydrogen (secondary N) is 1. The molecule has 0 bridgehead atoms. The van der Waals surface area contributed by atoms with E-state index in [-0.39, 0.29) is 0 Å². The Balaban J connectivity index is 2.03. The van der Waals surface area contributed by atoms with E-state index in [1.165, 1.54) is 27.4 Å². The van der Waals surface area contributed by atoms with Gasteiger partial charge in [-0.25, -0.2) is 0 Å². The minimum atomic E-state index is 0.930. The first-order chi connectivity index (χ1) is 8.29. The van der Waals surface area contributed by atoms with Crippen LogP contribution < -0.4 is 5.32 Å². The average Bonchev–Trinajstić information content (AvgIpc) is 2.74. The molecule has 0 aliphatic heterocycles. The van der Waals surface area contributed by atoms with Crippen LogP contribution in [0.3, 0.4) is 0 Å². The molecular formula is C15H19NS. The summed E-state index contributed by atoms with van der Waals surface area (Å²) in [6.45, 7) is 5.30. The molecule has 1 N–H and O–H groups in total. The van der Waals surface area contributed by atoms with Crippen molar-refractivity contribution in [1.82, 2.24) is 0 Å². The standard InChI is InChI=1S/C15H19NS/c1-3-6-13-7-4-5-8-15(13)16-11-14-10-9-12(2)17-14/h4-5,7-10,16H,3,6,11H2,1-2H3. The van der Waals surface area contributed by atoms with Gasteiger partial charge in [-0.15, -0.1) is 11.3 Å². The molecule has 2 aromatic rings. The van der Waals surface area contributed by atoms with E-state index in [0.717, 1.165) is 13.0 Å². The highest BCUT2D eigenvalue weighted by atomic mass is 32.1. The predicted octanol–water partition coefficient (Wildman–Crippen LogP) is 4.62.